The van der Waals surface area contributed by atoms with Crippen molar-refractivity contribution in [1.82, 2.24) is 4.98 Å². The number of carboxylic acids is 1. The van der Waals surface area contributed by atoms with Crippen molar-refractivity contribution in [3.63, 3.8) is 0 Å². The Labute approximate surface area is 108 Å². The minimum absolute atomic E-state index is 0. The van der Waals surface area contributed by atoms with E-state index in [0.29, 0.717) is 16.6 Å². The number of aliphatic carboxylic acids is 1. The lowest BCUT2D eigenvalue weighted by molar-refractivity contribution is -0.137. The Morgan fingerprint density at radius 1 is 1.59 bits per heavy atom. The molecule has 0 aromatic carbocycles. The summed E-state index contributed by atoms with van der Waals surface area (Å²) in [6.07, 6.45) is 2.83. The predicted molar refractivity (Wildman–Crippen MR) is 68.1 cm³/mol. The molecule has 0 fully saturated rings. The summed E-state index contributed by atoms with van der Waals surface area (Å²) < 4.78 is 0. The highest BCUT2D eigenvalue weighted by molar-refractivity contribution is 8.14. The molecule has 1 aromatic rings. The zero-order valence-corrected chi connectivity index (χ0v) is 10.2. The van der Waals surface area contributed by atoms with Crippen molar-refractivity contribution in [2.24, 2.45) is 4.99 Å². The maximum absolute atomic E-state index is 10.7. The Morgan fingerprint density at radius 2 is 2.35 bits per heavy atom. The molecule has 0 spiro atoms. The van der Waals surface area contributed by atoms with Gasteiger partial charge in [0.25, 0.3) is 0 Å². The first-order valence-corrected chi connectivity index (χ1v) is 5.49. The van der Waals surface area contributed by atoms with E-state index in [1.165, 1.54) is 24.2 Å². The van der Waals surface area contributed by atoms with Crippen LogP contribution in [0.3, 0.4) is 0 Å². The molecule has 8 heteroatoms. The number of aromatic hydroxyl groups is 1. The van der Waals surface area contributed by atoms with Crippen LogP contribution in [0.2, 0.25) is 0 Å². The van der Waals surface area contributed by atoms with Crippen LogP contribution in [0.25, 0.3) is 0 Å². The van der Waals surface area contributed by atoms with Crippen LogP contribution in [0.4, 0.5) is 5.69 Å². The number of anilines is 1. The Hall–Kier alpha value is -1.47. The number of pyridine rings is 1. The molecule has 2 heterocycles. The molecule has 1 aliphatic heterocycles. The summed E-state index contributed by atoms with van der Waals surface area (Å²) >= 11 is 1.31. The molecule has 1 aliphatic rings. The number of carbonyl (C=O) groups is 1. The molecule has 0 aliphatic carbocycles. The van der Waals surface area contributed by atoms with Crippen LogP contribution in [0, 0.1) is 0 Å². The number of hydrogen-bond acceptors (Lipinski definition) is 6. The van der Waals surface area contributed by atoms with Gasteiger partial charge in [-0.05, 0) is 6.07 Å². The average molecular weight is 276 g/mol. The van der Waals surface area contributed by atoms with Gasteiger partial charge in [-0.3, -0.25) is 4.98 Å². The maximum Gasteiger partial charge on any atom is 0.329 e. The number of amidine groups is 1. The molecule has 17 heavy (non-hydrogen) atoms. The molecule has 0 saturated carbocycles. The van der Waals surface area contributed by atoms with Crippen molar-refractivity contribution in [2.45, 2.75) is 6.04 Å². The summed E-state index contributed by atoms with van der Waals surface area (Å²) in [6, 6.07) is 0.878. The second-order valence-electron chi connectivity index (χ2n) is 3.12. The third-order valence-corrected chi connectivity index (χ3v) is 2.94. The number of aromatic nitrogens is 1. The lowest BCUT2D eigenvalue weighted by atomic mass is 10.4. The summed E-state index contributed by atoms with van der Waals surface area (Å²) in [4.78, 5) is 18.4. The van der Waals surface area contributed by atoms with E-state index in [1.807, 2.05) is 0 Å². The lowest BCUT2D eigenvalue weighted by Crippen LogP contribution is -2.17. The number of rotatable bonds is 2. The van der Waals surface area contributed by atoms with Crippen molar-refractivity contribution >= 4 is 41.0 Å². The number of halogens is 1. The minimum Gasteiger partial charge on any atom is -0.504 e. The molecule has 0 saturated heterocycles. The summed E-state index contributed by atoms with van der Waals surface area (Å²) in [5.74, 6) is -0.531. The van der Waals surface area contributed by atoms with Gasteiger partial charge in [0.05, 0.1) is 11.9 Å². The van der Waals surface area contributed by atoms with Gasteiger partial charge < -0.3 is 15.5 Å². The fourth-order valence-corrected chi connectivity index (χ4v) is 2.09. The van der Waals surface area contributed by atoms with Gasteiger partial charge in [0.15, 0.2) is 17.0 Å². The van der Waals surface area contributed by atoms with E-state index in [-0.39, 0.29) is 18.2 Å². The fraction of sp³-hybridized carbons (Fsp3) is 0.222. The van der Waals surface area contributed by atoms with Gasteiger partial charge in [0.2, 0.25) is 0 Å². The second kappa shape index (κ2) is 5.74. The summed E-state index contributed by atoms with van der Waals surface area (Å²) in [7, 11) is 0. The third-order valence-electron chi connectivity index (χ3n) is 1.98. The molecule has 6 nitrogen and oxygen atoms in total. The van der Waals surface area contributed by atoms with Crippen LogP contribution in [0.1, 0.15) is 0 Å². The first-order valence-electron chi connectivity index (χ1n) is 4.50. The highest BCUT2D eigenvalue weighted by Crippen LogP contribution is 2.25. The minimum atomic E-state index is -0.941. The third kappa shape index (κ3) is 3.24. The van der Waals surface area contributed by atoms with Gasteiger partial charge in [-0.2, -0.15) is 0 Å². The molecule has 2 rings (SSSR count). The number of nitrogens with zero attached hydrogens (tertiary/aromatic N) is 2. The normalized spacial score (nSPS) is 18.1. The molecule has 0 bridgehead atoms. The smallest absolute Gasteiger partial charge is 0.329 e. The van der Waals surface area contributed by atoms with E-state index in [1.54, 1.807) is 6.07 Å². The van der Waals surface area contributed by atoms with Gasteiger partial charge >= 0.3 is 5.97 Å². The Balaban J connectivity index is 0.00000144. The zero-order valence-electron chi connectivity index (χ0n) is 8.53. The van der Waals surface area contributed by atoms with E-state index in [9.17, 15) is 9.90 Å². The first kappa shape index (κ1) is 13.6. The van der Waals surface area contributed by atoms with Crippen molar-refractivity contribution in [3.05, 3.63) is 18.5 Å². The Morgan fingerprint density at radius 3 is 2.94 bits per heavy atom. The quantitative estimate of drug-likeness (QED) is 0.750. The molecule has 92 valence electrons. The Bertz CT molecular complexity index is 455. The van der Waals surface area contributed by atoms with Gasteiger partial charge in [-0.15, -0.1) is 12.4 Å². The van der Waals surface area contributed by atoms with Gasteiger partial charge in [-0.25, -0.2) is 9.79 Å². The zero-order chi connectivity index (χ0) is 11.5. The summed E-state index contributed by atoms with van der Waals surface area (Å²) in [5.41, 5.74) is 0.465. The van der Waals surface area contributed by atoms with E-state index >= 15 is 0 Å². The van der Waals surface area contributed by atoms with E-state index in [0.717, 1.165) is 0 Å². The summed E-state index contributed by atoms with van der Waals surface area (Å²) in [5, 5.41) is 21.5. The molecule has 0 radical (unpaired) electrons. The molecular weight excluding hydrogens is 266 g/mol. The van der Waals surface area contributed by atoms with E-state index in [4.69, 9.17) is 5.11 Å². The van der Waals surface area contributed by atoms with E-state index < -0.39 is 12.0 Å². The number of aliphatic imine (C=N–C) groups is 1. The van der Waals surface area contributed by atoms with Crippen molar-refractivity contribution in [1.29, 1.82) is 0 Å². The van der Waals surface area contributed by atoms with Crippen molar-refractivity contribution in [3.8, 4) is 5.75 Å². The largest absolute Gasteiger partial charge is 0.504 e. The topological polar surface area (TPSA) is 94.8 Å². The molecule has 1 aromatic heterocycles. The van der Waals surface area contributed by atoms with Crippen LogP contribution < -0.4 is 5.32 Å². The SMILES string of the molecule is Cl.O=C(O)[C@@H]1CSC(Nc2ccncc2O)=N1. The molecule has 0 amide bonds. The highest BCUT2D eigenvalue weighted by Gasteiger charge is 2.24. The average Bonchev–Trinajstić information content (AvgIpc) is 2.70. The molecular formula is C9H10ClN3O3S. The number of hydrogen-bond donors (Lipinski definition) is 3. The highest BCUT2D eigenvalue weighted by atomic mass is 35.5. The van der Waals surface area contributed by atoms with Crippen LogP contribution >= 0.6 is 24.2 Å². The number of thioether (sulfide) groups is 1. The number of nitrogens with one attached hydrogen (secondary N) is 1. The van der Waals surface area contributed by atoms with Crippen molar-refractivity contribution < 1.29 is 15.0 Å². The second-order valence-corrected chi connectivity index (χ2v) is 4.13. The van der Waals surface area contributed by atoms with Crippen molar-refractivity contribution in [2.75, 3.05) is 11.1 Å². The molecule has 0 unspecified atom stereocenters. The monoisotopic (exact) mass is 275 g/mol. The van der Waals surface area contributed by atoms with Crippen LogP contribution in [-0.2, 0) is 4.79 Å². The van der Waals surface area contributed by atoms with Gasteiger partial charge in [-0.1, -0.05) is 11.8 Å². The van der Waals surface area contributed by atoms with E-state index in [2.05, 4.69) is 15.3 Å². The number of carboxylic acid groups (broad SMARTS) is 1. The predicted octanol–water partition coefficient (Wildman–Crippen LogP) is 1.18. The van der Waals surface area contributed by atoms with Gasteiger partial charge in [0.1, 0.15) is 0 Å². The standard InChI is InChI=1S/C9H9N3O3S.ClH/c13-7-3-10-2-1-5(7)11-9-12-6(4-16-9)8(14)15;/h1-3,6,13H,4H2,(H,14,15)(H,10,11,12);1H/t6-;/m0./s1. The lowest BCUT2D eigenvalue weighted by Gasteiger charge is -2.05. The molecule has 1 atom stereocenters. The van der Waals surface area contributed by atoms with Crippen LogP contribution in [-0.4, -0.2) is 38.1 Å². The maximum atomic E-state index is 10.7. The summed E-state index contributed by atoms with van der Waals surface area (Å²) in [6.45, 7) is 0. The first-order chi connectivity index (χ1) is 7.66. The Kier molecular flexibility index (Phi) is 4.59. The van der Waals surface area contributed by atoms with Crippen LogP contribution in [0.15, 0.2) is 23.5 Å². The molecule has 3 N–H and O–H groups in total. The van der Waals surface area contributed by atoms with Crippen LogP contribution in [0.5, 0.6) is 5.75 Å². The fourth-order valence-electron chi connectivity index (χ4n) is 1.18. The van der Waals surface area contributed by atoms with Gasteiger partial charge in [0, 0.05) is 11.9 Å².